The van der Waals surface area contributed by atoms with Crippen LogP contribution in [-0.2, 0) is 15.5 Å². The van der Waals surface area contributed by atoms with Crippen LogP contribution >= 0.6 is 24.0 Å². The summed E-state index contributed by atoms with van der Waals surface area (Å²) in [5.41, 5.74) is 0. The van der Waals surface area contributed by atoms with E-state index >= 15 is 0 Å². The van der Waals surface area contributed by atoms with Crippen molar-refractivity contribution >= 4 is 40.7 Å². The van der Waals surface area contributed by atoms with Crippen molar-refractivity contribution in [3.05, 3.63) is 0 Å². The Morgan fingerprint density at radius 3 is 2.33 bits per heavy atom. The van der Waals surface area contributed by atoms with Crippen LogP contribution < -0.4 is 10.6 Å². The van der Waals surface area contributed by atoms with Crippen LogP contribution in [0.5, 0.6) is 0 Å². The van der Waals surface area contributed by atoms with E-state index in [9.17, 15) is 4.21 Å². The largest absolute Gasteiger partial charge is 0.382 e. The summed E-state index contributed by atoms with van der Waals surface area (Å²) in [7, 11) is 0.918. The van der Waals surface area contributed by atoms with E-state index in [0.29, 0.717) is 12.3 Å². The van der Waals surface area contributed by atoms with Gasteiger partial charge in [-0.2, -0.15) is 0 Å². The average Bonchev–Trinajstić information content (AvgIpc) is 2.39. The lowest BCUT2D eigenvalue weighted by Crippen LogP contribution is -2.40. The van der Waals surface area contributed by atoms with Crippen LogP contribution in [0, 0.1) is 0 Å². The van der Waals surface area contributed by atoms with Crippen molar-refractivity contribution in [2.45, 2.75) is 45.3 Å². The Morgan fingerprint density at radius 1 is 1.19 bits per heavy atom. The van der Waals surface area contributed by atoms with E-state index in [1.54, 1.807) is 7.05 Å². The molecule has 5 nitrogen and oxygen atoms in total. The number of hydrogen-bond donors (Lipinski definition) is 2. The predicted octanol–water partition coefficient (Wildman–Crippen LogP) is 2.13. The molecule has 0 aliphatic rings. The zero-order valence-corrected chi connectivity index (χ0v) is 17.2. The van der Waals surface area contributed by atoms with Crippen molar-refractivity contribution < 1.29 is 8.95 Å². The van der Waals surface area contributed by atoms with Gasteiger partial charge in [-0.3, -0.25) is 9.20 Å². The van der Waals surface area contributed by atoms with Crippen molar-refractivity contribution in [2.75, 3.05) is 39.1 Å². The van der Waals surface area contributed by atoms with Crippen molar-refractivity contribution in [1.29, 1.82) is 0 Å². The second kappa shape index (κ2) is 13.8. The molecular formula is C14H32IN3O2S. The van der Waals surface area contributed by atoms with Gasteiger partial charge in [0.15, 0.2) is 5.96 Å². The van der Waals surface area contributed by atoms with Gasteiger partial charge in [0.05, 0.1) is 0 Å². The minimum Gasteiger partial charge on any atom is -0.382 e. The number of nitrogens with one attached hydrogen (secondary N) is 2. The van der Waals surface area contributed by atoms with E-state index in [-0.39, 0.29) is 28.7 Å². The monoisotopic (exact) mass is 433 g/mol. The molecule has 0 aromatic carbocycles. The fourth-order valence-corrected chi connectivity index (χ4v) is 2.37. The first-order valence-corrected chi connectivity index (χ1v) is 8.64. The van der Waals surface area contributed by atoms with E-state index < -0.39 is 10.8 Å². The molecule has 0 spiro atoms. The third kappa shape index (κ3) is 13.5. The topological polar surface area (TPSA) is 62.7 Å². The molecule has 2 N–H and O–H groups in total. The summed E-state index contributed by atoms with van der Waals surface area (Å²) in [6.45, 7) is 11.1. The third-order valence-electron chi connectivity index (χ3n) is 2.70. The Morgan fingerprint density at radius 2 is 1.81 bits per heavy atom. The molecule has 0 bridgehead atoms. The number of rotatable bonds is 9. The minimum atomic E-state index is -0.829. The summed E-state index contributed by atoms with van der Waals surface area (Å²) in [5, 5.41) is 6.43. The highest BCUT2D eigenvalue weighted by Gasteiger charge is 2.18. The summed E-state index contributed by atoms with van der Waals surface area (Å²) in [4.78, 5) is 4.15. The van der Waals surface area contributed by atoms with Crippen molar-refractivity contribution in [3.8, 4) is 0 Å². The average molecular weight is 433 g/mol. The van der Waals surface area contributed by atoms with Crippen LogP contribution in [0.2, 0.25) is 0 Å². The lowest BCUT2D eigenvalue weighted by Gasteiger charge is -2.18. The molecule has 0 aliphatic carbocycles. The number of halogens is 1. The number of unbranched alkanes of at least 4 members (excludes halogenated alkanes) is 1. The smallest absolute Gasteiger partial charge is 0.191 e. The van der Waals surface area contributed by atoms with E-state index in [1.807, 2.05) is 27.7 Å². The molecule has 1 unspecified atom stereocenters. The van der Waals surface area contributed by atoms with Crippen LogP contribution in [0.15, 0.2) is 4.99 Å². The van der Waals surface area contributed by atoms with Gasteiger partial charge in [-0.15, -0.1) is 24.0 Å². The number of ether oxygens (including phenoxy) is 1. The first kappa shape index (κ1) is 23.4. The second-order valence-electron chi connectivity index (χ2n) is 5.49. The highest BCUT2D eigenvalue weighted by molar-refractivity contribution is 14.0. The van der Waals surface area contributed by atoms with Crippen molar-refractivity contribution in [2.24, 2.45) is 4.99 Å². The van der Waals surface area contributed by atoms with Crippen LogP contribution in [0.25, 0.3) is 0 Å². The van der Waals surface area contributed by atoms with Gasteiger partial charge in [-0.05, 0) is 40.5 Å². The maximum absolute atomic E-state index is 11.9. The van der Waals surface area contributed by atoms with Crippen LogP contribution in [0.1, 0.15) is 40.5 Å². The zero-order chi connectivity index (χ0) is 15.4. The number of hydrogen-bond acceptors (Lipinski definition) is 3. The molecule has 0 aromatic rings. The van der Waals surface area contributed by atoms with Gasteiger partial charge in [0, 0.05) is 54.7 Å². The van der Waals surface area contributed by atoms with Gasteiger partial charge in [0.2, 0.25) is 0 Å². The summed E-state index contributed by atoms with van der Waals surface area (Å²) in [6.07, 6.45) is 2.10. The highest BCUT2D eigenvalue weighted by atomic mass is 127. The Balaban J connectivity index is 0. The van der Waals surface area contributed by atoms with Gasteiger partial charge in [-0.25, -0.2) is 0 Å². The maximum Gasteiger partial charge on any atom is 0.191 e. The molecule has 0 rings (SSSR count). The van der Waals surface area contributed by atoms with Gasteiger partial charge < -0.3 is 15.4 Å². The summed E-state index contributed by atoms with van der Waals surface area (Å²) < 4.78 is 17.0. The van der Waals surface area contributed by atoms with Gasteiger partial charge in [0.25, 0.3) is 0 Å². The molecule has 7 heteroatoms. The fraction of sp³-hybridized carbons (Fsp3) is 0.929. The molecule has 0 saturated carbocycles. The van der Waals surface area contributed by atoms with Crippen LogP contribution in [-0.4, -0.2) is 54.0 Å². The first-order chi connectivity index (χ1) is 9.41. The standard InChI is InChI=1S/C14H31N3O2S.HI/c1-6-19-11-8-7-9-16-13(15-5)17-10-12-20(18)14(2,3)4;/h6-12H2,1-5H3,(H2,15,16,17);1H. The summed E-state index contributed by atoms with van der Waals surface area (Å²) >= 11 is 0. The normalized spacial score (nSPS) is 13.5. The summed E-state index contributed by atoms with van der Waals surface area (Å²) in [6, 6.07) is 0. The van der Waals surface area contributed by atoms with Crippen LogP contribution in [0.3, 0.4) is 0 Å². The second-order valence-corrected chi connectivity index (χ2v) is 7.82. The van der Waals surface area contributed by atoms with E-state index in [4.69, 9.17) is 4.74 Å². The molecule has 128 valence electrons. The molecule has 0 amide bonds. The van der Waals surface area contributed by atoms with E-state index in [0.717, 1.165) is 38.6 Å². The van der Waals surface area contributed by atoms with Gasteiger partial charge in [-0.1, -0.05) is 0 Å². The fourth-order valence-electron chi connectivity index (χ4n) is 1.47. The SMILES string of the molecule is CCOCCCCNC(=NC)NCCS(=O)C(C)(C)C.I. The molecule has 0 radical (unpaired) electrons. The molecular weight excluding hydrogens is 401 g/mol. The lowest BCUT2D eigenvalue weighted by molar-refractivity contribution is 0.143. The molecule has 1 atom stereocenters. The molecule has 0 saturated heterocycles. The Kier molecular flexibility index (Phi) is 15.3. The zero-order valence-electron chi connectivity index (χ0n) is 14.0. The van der Waals surface area contributed by atoms with E-state index in [1.165, 1.54) is 0 Å². The molecule has 0 heterocycles. The predicted molar refractivity (Wildman–Crippen MR) is 103 cm³/mol. The molecule has 0 aliphatic heterocycles. The highest BCUT2D eigenvalue weighted by Crippen LogP contribution is 2.10. The number of guanidine groups is 1. The lowest BCUT2D eigenvalue weighted by atomic mass is 10.3. The van der Waals surface area contributed by atoms with E-state index in [2.05, 4.69) is 15.6 Å². The van der Waals surface area contributed by atoms with Crippen molar-refractivity contribution in [1.82, 2.24) is 10.6 Å². The van der Waals surface area contributed by atoms with Gasteiger partial charge in [0.1, 0.15) is 0 Å². The minimum absolute atomic E-state index is 0. The maximum atomic E-state index is 11.9. The first-order valence-electron chi connectivity index (χ1n) is 7.32. The molecule has 21 heavy (non-hydrogen) atoms. The van der Waals surface area contributed by atoms with Gasteiger partial charge >= 0.3 is 0 Å². The quantitative estimate of drug-likeness (QED) is 0.253. The Labute approximate surface area is 149 Å². The third-order valence-corrected chi connectivity index (χ3v) is 4.64. The van der Waals surface area contributed by atoms with Crippen LogP contribution in [0.4, 0.5) is 0 Å². The Hall–Kier alpha value is 0.110. The molecule has 0 aromatic heterocycles. The van der Waals surface area contributed by atoms with Crippen molar-refractivity contribution in [3.63, 3.8) is 0 Å². The Bertz CT molecular complexity index is 307. The summed E-state index contributed by atoms with van der Waals surface area (Å²) in [5.74, 6) is 1.40. The number of aliphatic imine (C=N–C) groups is 1. The number of nitrogens with zero attached hydrogens (tertiary/aromatic N) is 1. The molecule has 0 fully saturated rings.